The molecule has 5 nitrogen and oxygen atoms in total. The zero-order valence-corrected chi connectivity index (χ0v) is 10.5. The van der Waals surface area contributed by atoms with Gasteiger partial charge in [-0.1, -0.05) is 13.3 Å². The lowest BCUT2D eigenvalue weighted by molar-refractivity contribution is -0.0860. The fraction of sp³-hybridized carbons (Fsp3) is 0.462. The van der Waals surface area contributed by atoms with Crippen LogP contribution in [0.15, 0.2) is 18.2 Å². The standard InChI is InChI=1S/C13H19N3O2/c1-2-3-13(18)7-16(8-13)12(17)9-4-10(14)6-11(15)5-9/h4-6,18H,2-3,7-8,14-15H2,1H3. The Kier molecular flexibility index (Phi) is 3.17. The Bertz CT molecular complexity index is 447. The third-order valence-electron chi connectivity index (χ3n) is 3.20. The summed E-state index contributed by atoms with van der Waals surface area (Å²) in [7, 11) is 0. The van der Waals surface area contributed by atoms with Gasteiger partial charge in [-0.25, -0.2) is 0 Å². The van der Waals surface area contributed by atoms with Crippen LogP contribution in [0.4, 0.5) is 11.4 Å². The van der Waals surface area contributed by atoms with E-state index in [1.807, 2.05) is 6.92 Å². The number of nitrogen functional groups attached to an aromatic ring is 2. The summed E-state index contributed by atoms with van der Waals surface area (Å²) in [5, 5.41) is 10.0. The van der Waals surface area contributed by atoms with Gasteiger partial charge >= 0.3 is 0 Å². The molecule has 0 aromatic heterocycles. The second-order valence-corrected chi connectivity index (χ2v) is 5.02. The van der Waals surface area contributed by atoms with Gasteiger partial charge in [-0.3, -0.25) is 4.79 Å². The number of nitrogens with two attached hydrogens (primary N) is 2. The molecule has 5 N–H and O–H groups in total. The molecule has 5 heteroatoms. The Balaban J connectivity index is 2.06. The molecule has 0 unspecified atom stereocenters. The molecule has 1 aromatic rings. The lowest BCUT2D eigenvalue weighted by Gasteiger charge is -2.46. The molecule has 1 aromatic carbocycles. The highest BCUT2D eigenvalue weighted by Gasteiger charge is 2.42. The maximum Gasteiger partial charge on any atom is 0.254 e. The molecule has 0 atom stereocenters. The van der Waals surface area contributed by atoms with Crippen molar-refractivity contribution in [2.45, 2.75) is 25.4 Å². The minimum Gasteiger partial charge on any atom is -0.399 e. The first-order chi connectivity index (χ1) is 8.43. The summed E-state index contributed by atoms with van der Waals surface area (Å²) in [5.74, 6) is -0.130. The summed E-state index contributed by atoms with van der Waals surface area (Å²) in [6.07, 6.45) is 1.62. The van der Waals surface area contributed by atoms with E-state index in [0.29, 0.717) is 30.0 Å². The van der Waals surface area contributed by atoms with E-state index < -0.39 is 5.60 Å². The summed E-state index contributed by atoms with van der Waals surface area (Å²) < 4.78 is 0. The monoisotopic (exact) mass is 249 g/mol. The Morgan fingerprint density at radius 2 is 1.89 bits per heavy atom. The van der Waals surface area contributed by atoms with Crippen molar-refractivity contribution in [2.24, 2.45) is 0 Å². The minimum atomic E-state index is -0.712. The summed E-state index contributed by atoms with van der Waals surface area (Å²) in [6.45, 7) is 2.78. The zero-order chi connectivity index (χ0) is 13.3. The van der Waals surface area contributed by atoms with Gasteiger partial charge in [-0.2, -0.15) is 0 Å². The lowest BCUT2D eigenvalue weighted by Crippen LogP contribution is -2.63. The molecule has 1 aliphatic rings. The molecule has 0 spiro atoms. The summed E-state index contributed by atoms with van der Waals surface area (Å²) >= 11 is 0. The average molecular weight is 249 g/mol. The van der Waals surface area contributed by atoms with Crippen molar-refractivity contribution in [2.75, 3.05) is 24.6 Å². The van der Waals surface area contributed by atoms with Gasteiger partial charge in [0.25, 0.3) is 5.91 Å². The summed E-state index contributed by atoms with van der Waals surface area (Å²) in [4.78, 5) is 13.7. The maximum absolute atomic E-state index is 12.1. The van der Waals surface area contributed by atoms with Gasteiger partial charge in [0.05, 0.1) is 18.7 Å². The molecule has 1 amide bonds. The highest BCUT2D eigenvalue weighted by Crippen LogP contribution is 2.28. The van der Waals surface area contributed by atoms with E-state index >= 15 is 0 Å². The number of hydrogen-bond acceptors (Lipinski definition) is 4. The minimum absolute atomic E-state index is 0.130. The SMILES string of the molecule is CCCC1(O)CN(C(=O)c2cc(N)cc(N)c2)C1. The number of nitrogens with zero attached hydrogens (tertiary/aromatic N) is 1. The van der Waals surface area contributed by atoms with Crippen molar-refractivity contribution in [1.82, 2.24) is 4.90 Å². The maximum atomic E-state index is 12.1. The quantitative estimate of drug-likeness (QED) is 0.692. The number of amides is 1. The second kappa shape index (κ2) is 4.49. The Morgan fingerprint density at radius 3 is 2.39 bits per heavy atom. The normalized spacial score (nSPS) is 17.3. The molecule has 98 valence electrons. The van der Waals surface area contributed by atoms with Gasteiger partial charge in [0, 0.05) is 16.9 Å². The Labute approximate surface area is 106 Å². The van der Waals surface area contributed by atoms with Gasteiger partial charge in [-0.15, -0.1) is 0 Å². The molecule has 18 heavy (non-hydrogen) atoms. The smallest absolute Gasteiger partial charge is 0.254 e. The van der Waals surface area contributed by atoms with Crippen molar-refractivity contribution in [1.29, 1.82) is 0 Å². The van der Waals surface area contributed by atoms with E-state index in [9.17, 15) is 9.90 Å². The molecule has 1 saturated heterocycles. The topological polar surface area (TPSA) is 92.6 Å². The van der Waals surface area contributed by atoms with Crippen LogP contribution >= 0.6 is 0 Å². The van der Waals surface area contributed by atoms with Crippen LogP contribution in [0, 0.1) is 0 Å². The van der Waals surface area contributed by atoms with E-state index in [0.717, 1.165) is 12.8 Å². The number of aliphatic hydroxyl groups is 1. The first-order valence-corrected chi connectivity index (χ1v) is 6.11. The fourth-order valence-corrected chi connectivity index (χ4v) is 2.41. The van der Waals surface area contributed by atoms with E-state index in [-0.39, 0.29) is 5.91 Å². The third-order valence-corrected chi connectivity index (χ3v) is 3.20. The van der Waals surface area contributed by atoms with Crippen molar-refractivity contribution in [3.05, 3.63) is 23.8 Å². The summed E-state index contributed by atoms with van der Waals surface area (Å²) in [5.41, 5.74) is 12.0. The molecule has 1 heterocycles. The molecule has 0 saturated carbocycles. The van der Waals surface area contributed by atoms with Crippen LogP contribution in [0.5, 0.6) is 0 Å². The van der Waals surface area contributed by atoms with Crippen LogP contribution in [0.2, 0.25) is 0 Å². The van der Waals surface area contributed by atoms with Crippen LogP contribution in [0.3, 0.4) is 0 Å². The van der Waals surface area contributed by atoms with E-state index in [4.69, 9.17) is 11.5 Å². The average Bonchev–Trinajstić information content (AvgIpc) is 2.23. The highest BCUT2D eigenvalue weighted by molar-refractivity contribution is 5.96. The van der Waals surface area contributed by atoms with Gasteiger partial charge in [0.2, 0.25) is 0 Å². The molecule has 1 fully saturated rings. The number of likely N-dealkylation sites (tertiary alicyclic amines) is 1. The zero-order valence-electron chi connectivity index (χ0n) is 10.5. The number of β-amino-alcohol motifs (C(OH)–C–C–N with tert-alkyl or cyclic N) is 1. The molecule has 0 bridgehead atoms. The Hall–Kier alpha value is -1.75. The number of rotatable bonds is 3. The molecular formula is C13H19N3O2. The number of hydrogen-bond donors (Lipinski definition) is 3. The van der Waals surface area contributed by atoms with Gasteiger partial charge < -0.3 is 21.5 Å². The molecular weight excluding hydrogens is 230 g/mol. The number of carbonyl (C=O) groups is 1. The van der Waals surface area contributed by atoms with Gasteiger partial charge in [-0.05, 0) is 24.6 Å². The first kappa shape index (κ1) is 12.7. The number of carbonyl (C=O) groups excluding carboxylic acids is 1. The molecule has 2 rings (SSSR count). The van der Waals surface area contributed by atoms with Crippen molar-refractivity contribution < 1.29 is 9.90 Å². The fourth-order valence-electron chi connectivity index (χ4n) is 2.41. The van der Waals surface area contributed by atoms with Crippen molar-refractivity contribution in [3.8, 4) is 0 Å². The van der Waals surface area contributed by atoms with Crippen molar-refractivity contribution in [3.63, 3.8) is 0 Å². The second-order valence-electron chi connectivity index (χ2n) is 5.02. The first-order valence-electron chi connectivity index (χ1n) is 6.11. The highest BCUT2D eigenvalue weighted by atomic mass is 16.3. The van der Waals surface area contributed by atoms with Crippen LogP contribution < -0.4 is 11.5 Å². The van der Waals surface area contributed by atoms with E-state index in [1.165, 1.54) is 0 Å². The number of anilines is 2. The number of benzene rings is 1. The van der Waals surface area contributed by atoms with Gasteiger partial charge in [0.15, 0.2) is 0 Å². The van der Waals surface area contributed by atoms with Crippen LogP contribution in [0.1, 0.15) is 30.1 Å². The molecule has 1 aliphatic heterocycles. The predicted molar refractivity (Wildman–Crippen MR) is 71.0 cm³/mol. The van der Waals surface area contributed by atoms with Crippen LogP contribution in [0.25, 0.3) is 0 Å². The molecule has 0 radical (unpaired) electrons. The molecule has 0 aliphatic carbocycles. The largest absolute Gasteiger partial charge is 0.399 e. The van der Waals surface area contributed by atoms with E-state index in [1.54, 1.807) is 23.1 Å². The predicted octanol–water partition coefficient (Wildman–Crippen LogP) is 0.838. The summed E-state index contributed by atoms with van der Waals surface area (Å²) in [6, 6.07) is 4.83. The third kappa shape index (κ3) is 2.41. The Morgan fingerprint density at radius 1 is 1.33 bits per heavy atom. The van der Waals surface area contributed by atoms with Gasteiger partial charge in [0.1, 0.15) is 0 Å². The van der Waals surface area contributed by atoms with Crippen molar-refractivity contribution >= 4 is 17.3 Å². The lowest BCUT2D eigenvalue weighted by atomic mass is 9.88. The van der Waals surface area contributed by atoms with E-state index in [2.05, 4.69) is 0 Å². The van der Waals surface area contributed by atoms with Crippen LogP contribution in [-0.2, 0) is 0 Å². The van der Waals surface area contributed by atoms with Crippen LogP contribution in [-0.4, -0.2) is 34.6 Å².